The highest BCUT2D eigenvalue weighted by Gasteiger charge is 2.12. The number of rotatable bonds is 11. The lowest BCUT2D eigenvalue weighted by molar-refractivity contribution is -0.123. The predicted molar refractivity (Wildman–Crippen MR) is 125 cm³/mol. The van der Waals surface area contributed by atoms with E-state index in [0.29, 0.717) is 22.0 Å². The third-order valence-corrected chi connectivity index (χ3v) is 5.15. The Morgan fingerprint density at radius 1 is 1.03 bits per heavy atom. The second-order valence-electron chi connectivity index (χ2n) is 6.62. The molecule has 10 nitrogen and oxygen atoms in total. The molecule has 0 radical (unpaired) electrons. The van der Waals surface area contributed by atoms with Gasteiger partial charge in [0.15, 0.2) is 6.61 Å². The largest absolute Gasteiger partial charge is 0.484 e. The monoisotopic (exact) mass is 504 g/mol. The number of halogens is 1. The molecule has 0 atom stereocenters. The second-order valence-corrected chi connectivity index (χ2v) is 7.98. The molecule has 0 bridgehead atoms. The number of carbonyl (C=O) groups excluding carboxylic acids is 3. The van der Waals surface area contributed by atoms with Gasteiger partial charge in [0.25, 0.3) is 11.1 Å². The highest BCUT2D eigenvalue weighted by Crippen LogP contribution is 2.18. The van der Waals surface area contributed by atoms with Gasteiger partial charge in [-0.25, -0.2) is 4.79 Å². The molecule has 0 fully saturated rings. The molecule has 0 aliphatic heterocycles. The highest BCUT2D eigenvalue weighted by molar-refractivity contribution is 7.99. The topological polar surface area (TPSA) is 133 Å². The van der Waals surface area contributed by atoms with Crippen molar-refractivity contribution in [2.24, 2.45) is 0 Å². The van der Waals surface area contributed by atoms with Crippen LogP contribution in [-0.4, -0.2) is 46.9 Å². The molecule has 1 aromatic heterocycles. The van der Waals surface area contributed by atoms with E-state index in [1.54, 1.807) is 55.5 Å². The molecule has 3 aromatic rings. The van der Waals surface area contributed by atoms with E-state index < -0.39 is 5.97 Å². The zero-order valence-electron chi connectivity index (χ0n) is 18.1. The fourth-order valence-corrected chi connectivity index (χ4v) is 3.21. The molecule has 1 heterocycles. The first kappa shape index (κ1) is 25.1. The van der Waals surface area contributed by atoms with Gasteiger partial charge in [-0.05, 0) is 55.5 Å². The van der Waals surface area contributed by atoms with Crippen LogP contribution in [-0.2, 0) is 20.9 Å². The minimum atomic E-state index is -0.423. The van der Waals surface area contributed by atoms with Gasteiger partial charge in [0.1, 0.15) is 5.75 Å². The van der Waals surface area contributed by atoms with Crippen LogP contribution in [0.15, 0.2) is 58.2 Å². The maximum absolute atomic E-state index is 12.1. The fourth-order valence-electron chi connectivity index (χ4n) is 2.50. The predicted octanol–water partition coefficient (Wildman–Crippen LogP) is 3.33. The number of aromatic nitrogens is 2. The Hall–Kier alpha value is -3.57. The van der Waals surface area contributed by atoms with Crippen LogP contribution in [0.25, 0.3) is 0 Å². The zero-order chi connectivity index (χ0) is 24.3. The SMILES string of the molecule is CCOC(=O)c1ccc(NC(=O)CSc2nnc(CNC(=O)COc3ccc(Cl)cc3)o2)cc1. The average Bonchev–Trinajstić information content (AvgIpc) is 3.29. The molecule has 0 saturated carbocycles. The van der Waals surface area contributed by atoms with Gasteiger partial charge < -0.3 is 24.5 Å². The number of esters is 1. The quantitative estimate of drug-likeness (QED) is 0.298. The minimum absolute atomic E-state index is 0.0232. The van der Waals surface area contributed by atoms with E-state index in [1.165, 1.54) is 0 Å². The lowest BCUT2D eigenvalue weighted by Crippen LogP contribution is -2.28. The minimum Gasteiger partial charge on any atom is -0.484 e. The van der Waals surface area contributed by atoms with Crippen LogP contribution >= 0.6 is 23.4 Å². The molecular formula is C22H21ClN4O6S. The Bertz CT molecular complexity index is 1120. The number of nitrogens with zero attached hydrogens (tertiary/aromatic N) is 2. The molecule has 2 aromatic carbocycles. The lowest BCUT2D eigenvalue weighted by Gasteiger charge is -2.06. The summed E-state index contributed by atoms with van der Waals surface area (Å²) >= 11 is 6.85. The van der Waals surface area contributed by atoms with Crippen LogP contribution in [0.4, 0.5) is 5.69 Å². The molecule has 0 aliphatic rings. The van der Waals surface area contributed by atoms with Crippen LogP contribution in [0.3, 0.4) is 0 Å². The van der Waals surface area contributed by atoms with Crippen molar-refractivity contribution in [3.05, 3.63) is 65.0 Å². The summed E-state index contributed by atoms with van der Waals surface area (Å²) < 4.78 is 15.7. The Balaban J connectivity index is 1.37. The Morgan fingerprint density at radius 3 is 2.47 bits per heavy atom. The summed E-state index contributed by atoms with van der Waals surface area (Å²) in [5.74, 6) is -0.338. The number of nitrogens with one attached hydrogen (secondary N) is 2. The van der Waals surface area contributed by atoms with Crippen LogP contribution in [0.5, 0.6) is 5.75 Å². The van der Waals surface area contributed by atoms with Gasteiger partial charge in [-0.15, -0.1) is 10.2 Å². The number of thioether (sulfide) groups is 1. The number of ether oxygens (including phenoxy) is 2. The zero-order valence-corrected chi connectivity index (χ0v) is 19.6. The molecule has 2 N–H and O–H groups in total. The van der Waals surface area contributed by atoms with E-state index in [4.69, 9.17) is 25.5 Å². The van der Waals surface area contributed by atoms with Gasteiger partial charge >= 0.3 is 5.97 Å². The van der Waals surface area contributed by atoms with Crippen molar-refractivity contribution in [1.82, 2.24) is 15.5 Å². The summed E-state index contributed by atoms with van der Waals surface area (Å²) in [5, 5.41) is 13.8. The summed E-state index contributed by atoms with van der Waals surface area (Å²) in [6, 6.07) is 13.0. The first-order valence-electron chi connectivity index (χ1n) is 10.1. The summed E-state index contributed by atoms with van der Waals surface area (Å²) in [5.41, 5.74) is 0.935. The van der Waals surface area contributed by atoms with E-state index in [1.807, 2.05) is 0 Å². The summed E-state index contributed by atoms with van der Waals surface area (Å²) in [7, 11) is 0. The highest BCUT2D eigenvalue weighted by atomic mass is 35.5. The number of benzene rings is 2. The second kappa shape index (κ2) is 12.6. The number of anilines is 1. The molecule has 178 valence electrons. The molecule has 0 saturated heterocycles. The van der Waals surface area contributed by atoms with Crippen molar-refractivity contribution in [2.75, 3.05) is 24.3 Å². The third kappa shape index (κ3) is 8.09. The summed E-state index contributed by atoms with van der Waals surface area (Å²) in [6.45, 7) is 1.86. The molecule has 34 heavy (non-hydrogen) atoms. The van der Waals surface area contributed by atoms with Gasteiger partial charge in [-0.1, -0.05) is 23.4 Å². The van der Waals surface area contributed by atoms with E-state index in [-0.39, 0.29) is 48.4 Å². The Morgan fingerprint density at radius 2 is 1.76 bits per heavy atom. The van der Waals surface area contributed by atoms with Gasteiger partial charge in [0.05, 0.1) is 24.5 Å². The number of amides is 2. The summed E-state index contributed by atoms with van der Waals surface area (Å²) in [4.78, 5) is 35.7. The van der Waals surface area contributed by atoms with Gasteiger partial charge in [-0.3, -0.25) is 9.59 Å². The third-order valence-electron chi connectivity index (χ3n) is 4.08. The van der Waals surface area contributed by atoms with Gasteiger partial charge in [0, 0.05) is 10.7 Å². The normalized spacial score (nSPS) is 10.4. The van der Waals surface area contributed by atoms with E-state index >= 15 is 0 Å². The molecule has 2 amide bonds. The van der Waals surface area contributed by atoms with Crippen LogP contribution in [0.1, 0.15) is 23.2 Å². The standard InChI is InChI=1S/C22H21ClN4O6S/c1-2-31-21(30)14-3-7-16(8-4-14)25-19(29)13-34-22-27-26-20(33-22)11-24-18(28)12-32-17-9-5-15(23)6-10-17/h3-10H,2,11-13H2,1H3,(H,24,28)(H,25,29). The average molecular weight is 505 g/mol. The molecular weight excluding hydrogens is 484 g/mol. The van der Waals surface area contributed by atoms with Crippen molar-refractivity contribution < 1.29 is 28.3 Å². The van der Waals surface area contributed by atoms with Gasteiger partial charge in [-0.2, -0.15) is 0 Å². The maximum atomic E-state index is 12.1. The number of carbonyl (C=O) groups is 3. The van der Waals surface area contributed by atoms with Crippen molar-refractivity contribution in [3.63, 3.8) is 0 Å². The van der Waals surface area contributed by atoms with Crippen LogP contribution in [0.2, 0.25) is 5.02 Å². The molecule has 12 heteroatoms. The van der Waals surface area contributed by atoms with Crippen LogP contribution in [0, 0.1) is 0 Å². The van der Waals surface area contributed by atoms with Crippen molar-refractivity contribution in [1.29, 1.82) is 0 Å². The Kier molecular flexibility index (Phi) is 9.30. The Labute approximate surface area is 204 Å². The van der Waals surface area contributed by atoms with Crippen molar-refractivity contribution in [3.8, 4) is 5.75 Å². The van der Waals surface area contributed by atoms with Gasteiger partial charge in [0.2, 0.25) is 11.8 Å². The van der Waals surface area contributed by atoms with Crippen molar-refractivity contribution in [2.45, 2.75) is 18.7 Å². The molecule has 0 aliphatic carbocycles. The molecule has 0 spiro atoms. The van der Waals surface area contributed by atoms with E-state index in [0.717, 1.165) is 11.8 Å². The summed E-state index contributed by atoms with van der Waals surface area (Å²) in [6.07, 6.45) is 0. The smallest absolute Gasteiger partial charge is 0.338 e. The molecule has 3 rings (SSSR count). The van der Waals surface area contributed by atoms with E-state index in [9.17, 15) is 14.4 Å². The molecule has 0 unspecified atom stereocenters. The number of hydrogen-bond acceptors (Lipinski definition) is 9. The maximum Gasteiger partial charge on any atom is 0.338 e. The fraction of sp³-hybridized carbons (Fsp3) is 0.227. The number of hydrogen-bond donors (Lipinski definition) is 2. The lowest BCUT2D eigenvalue weighted by atomic mass is 10.2. The first-order chi connectivity index (χ1) is 16.4. The van der Waals surface area contributed by atoms with Crippen molar-refractivity contribution >= 4 is 46.8 Å². The van der Waals surface area contributed by atoms with Crippen LogP contribution < -0.4 is 15.4 Å². The van der Waals surface area contributed by atoms with E-state index in [2.05, 4.69) is 20.8 Å². The first-order valence-corrected chi connectivity index (χ1v) is 11.5.